The summed E-state index contributed by atoms with van der Waals surface area (Å²) in [5.74, 6) is 0.976. The summed E-state index contributed by atoms with van der Waals surface area (Å²) < 4.78 is 4.17. The first-order valence-electron chi connectivity index (χ1n) is 7.34. The SMILES string of the molecule is CCCn1c(-c2cc(C)nn2C)nc2cc(CN)ccc21. The molecule has 3 aromatic rings. The number of rotatable bonds is 4. The molecule has 0 unspecified atom stereocenters. The molecule has 0 fully saturated rings. The third-order valence-corrected chi connectivity index (χ3v) is 3.73. The van der Waals surface area contributed by atoms with Crippen LogP contribution in [-0.2, 0) is 20.1 Å². The van der Waals surface area contributed by atoms with Crippen molar-refractivity contribution in [3.63, 3.8) is 0 Å². The maximum absolute atomic E-state index is 5.73. The first-order chi connectivity index (χ1) is 10.1. The van der Waals surface area contributed by atoms with Crippen molar-refractivity contribution < 1.29 is 0 Å². The number of fused-ring (bicyclic) bond motifs is 1. The van der Waals surface area contributed by atoms with Gasteiger partial charge in [0, 0.05) is 20.1 Å². The average molecular weight is 283 g/mol. The molecule has 0 spiro atoms. The summed E-state index contributed by atoms with van der Waals surface area (Å²) in [7, 11) is 1.96. The Balaban J connectivity index is 2.25. The highest BCUT2D eigenvalue weighted by Crippen LogP contribution is 2.26. The molecule has 2 N–H and O–H groups in total. The molecule has 2 aromatic heterocycles. The number of nitrogens with zero attached hydrogens (tertiary/aromatic N) is 4. The molecule has 0 atom stereocenters. The van der Waals surface area contributed by atoms with Crippen LogP contribution < -0.4 is 5.73 Å². The molecule has 3 rings (SSSR count). The Morgan fingerprint density at radius 3 is 2.67 bits per heavy atom. The topological polar surface area (TPSA) is 61.7 Å². The third-order valence-electron chi connectivity index (χ3n) is 3.73. The van der Waals surface area contributed by atoms with Crippen molar-refractivity contribution in [3.05, 3.63) is 35.5 Å². The molecule has 0 radical (unpaired) electrons. The van der Waals surface area contributed by atoms with Crippen LogP contribution in [0, 0.1) is 6.92 Å². The second-order valence-corrected chi connectivity index (χ2v) is 5.41. The van der Waals surface area contributed by atoms with E-state index in [0.717, 1.165) is 46.8 Å². The molecule has 0 amide bonds. The lowest BCUT2D eigenvalue weighted by Gasteiger charge is -2.07. The number of hydrogen-bond acceptors (Lipinski definition) is 3. The fourth-order valence-corrected chi connectivity index (χ4v) is 2.77. The smallest absolute Gasteiger partial charge is 0.159 e. The molecule has 1 aromatic carbocycles. The van der Waals surface area contributed by atoms with Gasteiger partial charge in [0.05, 0.1) is 16.7 Å². The van der Waals surface area contributed by atoms with Crippen LogP contribution >= 0.6 is 0 Å². The number of imidazole rings is 1. The van der Waals surface area contributed by atoms with E-state index in [0.29, 0.717) is 6.54 Å². The van der Waals surface area contributed by atoms with Crippen LogP contribution in [0.3, 0.4) is 0 Å². The van der Waals surface area contributed by atoms with E-state index in [1.54, 1.807) is 0 Å². The van der Waals surface area contributed by atoms with Gasteiger partial charge in [0.1, 0.15) is 5.69 Å². The van der Waals surface area contributed by atoms with Crippen molar-refractivity contribution in [2.75, 3.05) is 0 Å². The Kier molecular flexibility index (Phi) is 3.51. The van der Waals surface area contributed by atoms with E-state index in [2.05, 4.69) is 40.9 Å². The van der Waals surface area contributed by atoms with Gasteiger partial charge in [-0.1, -0.05) is 13.0 Å². The Hall–Kier alpha value is -2.14. The Labute approximate surface area is 124 Å². The molecule has 5 heteroatoms. The highest BCUT2D eigenvalue weighted by molar-refractivity contribution is 5.80. The highest BCUT2D eigenvalue weighted by atomic mass is 15.3. The van der Waals surface area contributed by atoms with Crippen molar-refractivity contribution >= 4 is 11.0 Å². The summed E-state index contributed by atoms with van der Waals surface area (Å²) in [5.41, 5.74) is 11.1. The molecule has 0 aliphatic carbocycles. The molecule has 0 aliphatic rings. The second-order valence-electron chi connectivity index (χ2n) is 5.41. The van der Waals surface area contributed by atoms with Gasteiger partial charge in [-0.2, -0.15) is 5.10 Å². The van der Waals surface area contributed by atoms with Gasteiger partial charge in [-0.05, 0) is 37.1 Å². The van der Waals surface area contributed by atoms with Crippen LogP contribution in [0.5, 0.6) is 0 Å². The van der Waals surface area contributed by atoms with Crippen LogP contribution in [-0.4, -0.2) is 19.3 Å². The van der Waals surface area contributed by atoms with E-state index >= 15 is 0 Å². The Morgan fingerprint density at radius 2 is 2.05 bits per heavy atom. The van der Waals surface area contributed by atoms with E-state index in [1.165, 1.54) is 0 Å². The van der Waals surface area contributed by atoms with Gasteiger partial charge in [0.25, 0.3) is 0 Å². The van der Waals surface area contributed by atoms with E-state index < -0.39 is 0 Å². The third kappa shape index (κ3) is 2.34. The lowest BCUT2D eigenvalue weighted by atomic mass is 10.2. The van der Waals surface area contributed by atoms with Crippen molar-refractivity contribution in [2.24, 2.45) is 12.8 Å². The zero-order valence-corrected chi connectivity index (χ0v) is 12.8. The van der Waals surface area contributed by atoms with Crippen molar-refractivity contribution in [1.29, 1.82) is 0 Å². The summed E-state index contributed by atoms with van der Waals surface area (Å²) >= 11 is 0. The average Bonchev–Trinajstić information content (AvgIpc) is 2.99. The largest absolute Gasteiger partial charge is 0.326 e. The van der Waals surface area contributed by atoms with Gasteiger partial charge in [0.2, 0.25) is 0 Å². The van der Waals surface area contributed by atoms with Crippen LogP contribution in [0.4, 0.5) is 0 Å². The quantitative estimate of drug-likeness (QED) is 0.800. The van der Waals surface area contributed by atoms with Gasteiger partial charge < -0.3 is 10.3 Å². The lowest BCUT2D eigenvalue weighted by Crippen LogP contribution is -2.03. The zero-order chi connectivity index (χ0) is 15.0. The van der Waals surface area contributed by atoms with Crippen molar-refractivity contribution in [1.82, 2.24) is 19.3 Å². The van der Waals surface area contributed by atoms with E-state index in [4.69, 9.17) is 10.7 Å². The van der Waals surface area contributed by atoms with Gasteiger partial charge >= 0.3 is 0 Å². The van der Waals surface area contributed by atoms with Gasteiger partial charge in [0.15, 0.2) is 5.82 Å². The molecular weight excluding hydrogens is 262 g/mol. The van der Waals surface area contributed by atoms with Crippen molar-refractivity contribution in [2.45, 2.75) is 33.4 Å². The highest BCUT2D eigenvalue weighted by Gasteiger charge is 2.15. The molecule has 0 saturated carbocycles. The number of benzene rings is 1. The van der Waals surface area contributed by atoms with Gasteiger partial charge in [-0.3, -0.25) is 4.68 Å². The van der Waals surface area contributed by atoms with E-state index in [1.807, 2.05) is 18.7 Å². The summed E-state index contributed by atoms with van der Waals surface area (Å²) in [5, 5.41) is 4.44. The number of hydrogen-bond donors (Lipinski definition) is 1. The molecule has 5 nitrogen and oxygen atoms in total. The molecule has 2 heterocycles. The Bertz CT molecular complexity index is 781. The standard InChI is InChI=1S/C16H21N5/c1-4-7-21-14-6-5-12(10-17)9-13(14)18-16(21)15-8-11(2)19-20(15)3/h5-6,8-9H,4,7,10,17H2,1-3H3. The number of aromatic nitrogens is 4. The van der Waals surface area contributed by atoms with Crippen LogP contribution in [0.25, 0.3) is 22.6 Å². The fourth-order valence-electron chi connectivity index (χ4n) is 2.77. The summed E-state index contributed by atoms with van der Waals surface area (Å²) in [4.78, 5) is 4.83. The molecule has 0 bridgehead atoms. The number of aryl methyl sites for hydroxylation is 3. The van der Waals surface area contributed by atoms with Gasteiger partial charge in [-0.15, -0.1) is 0 Å². The first kappa shape index (κ1) is 13.8. The van der Waals surface area contributed by atoms with E-state index in [9.17, 15) is 0 Å². The molecule has 21 heavy (non-hydrogen) atoms. The minimum atomic E-state index is 0.538. The molecule has 110 valence electrons. The Morgan fingerprint density at radius 1 is 1.24 bits per heavy atom. The van der Waals surface area contributed by atoms with Gasteiger partial charge in [-0.25, -0.2) is 4.98 Å². The van der Waals surface area contributed by atoms with Crippen molar-refractivity contribution in [3.8, 4) is 11.5 Å². The maximum Gasteiger partial charge on any atom is 0.159 e. The lowest BCUT2D eigenvalue weighted by molar-refractivity contribution is 0.690. The second kappa shape index (κ2) is 5.33. The normalized spacial score (nSPS) is 11.4. The predicted molar refractivity (Wildman–Crippen MR) is 84.9 cm³/mol. The van der Waals surface area contributed by atoms with Crippen LogP contribution in [0.2, 0.25) is 0 Å². The summed E-state index contributed by atoms with van der Waals surface area (Å²) in [6, 6.07) is 8.35. The molecule has 0 saturated heterocycles. The van der Waals surface area contributed by atoms with Crippen LogP contribution in [0.15, 0.2) is 24.3 Å². The molecule has 0 aliphatic heterocycles. The zero-order valence-electron chi connectivity index (χ0n) is 12.8. The summed E-state index contributed by atoms with van der Waals surface area (Å²) in [6.45, 7) is 5.66. The van der Waals surface area contributed by atoms with E-state index in [-0.39, 0.29) is 0 Å². The molecular formula is C16H21N5. The monoisotopic (exact) mass is 283 g/mol. The minimum absolute atomic E-state index is 0.538. The predicted octanol–water partition coefficient (Wildman–Crippen LogP) is 2.61. The number of nitrogens with two attached hydrogens (primary N) is 1. The minimum Gasteiger partial charge on any atom is -0.326 e. The fraction of sp³-hybridized carbons (Fsp3) is 0.375. The maximum atomic E-state index is 5.73. The summed E-state index contributed by atoms with van der Waals surface area (Å²) in [6.07, 6.45) is 1.06. The van der Waals surface area contributed by atoms with Crippen LogP contribution in [0.1, 0.15) is 24.6 Å². The first-order valence-corrected chi connectivity index (χ1v) is 7.34.